The zero-order chi connectivity index (χ0) is 15.4. The Kier molecular flexibility index (Phi) is 6.01. The van der Waals surface area contributed by atoms with Crippen molar-refractivity contribution in [3.63, 3.8) is 0 Å². The molecular formula is C21H29I. The molecule has 1 heteroatoms. The fourth-order valence-electron chi connectivity index (χ4n) is 4.74. The van der Waals surface area contributed by atoms with Gasteiger partial charge in [0.2, 0.25) is 0 Å². The Bertz CT molecular complexity index is 471. The summed E-state index contributed by atoms with van der Waals surface area (Å²) in [6.45, 7) is 2.16. The molecule has 3 rings (SSSR count). The summed E-state index contributed by atoms with van der Waals surface area (Å²) in [7, 11) is 0. The molecule has 2 saturated carbocycles. The van der Waals surface area contributed by atoms with Crippen LogP contribution in [0.4, 0.5) is 0 Å². The normalized spacial score (nSPS) is 33.2. The van der Waals surface area contributed by atoms with Gasteiger partial charge in [0.25, 0.3) is 0 Å². The van der Waals surface area contributed by atoms with Crippen LogP contribution in [0.1, 0.15) is 69.8 Å². The average molecular weight is 408 g/mol. The minimum absolute atomic E-state index is 0.826. The second kappa shape index (κ2) is 7.99. The number of rotatable bonds is 3. The van der Waals surface area contributed by atoms with Gasteiger partial charge >= 0.3 is 0 Å². The van der Waals surface area contributed by atoms with Gasteiger partial charge in [-0.3, -0.25) is 0 Å². The molecule has 0 spiro atoms. The third kappa shape index (κ3) is 4.15. The first kappa shape index (κ1) is 16.5. The molecule has 22 heavy (non-hydrogen) atoms. The lowest BCUT2D eigenvalue weighted by Gasteiger charge is -2.37. The molecule has 0 radical (unpaired) electrons. The van der Waals surface area contributed by atoms with E-state index in [4.69, 9.17) is 0 Å². The summed E-state index contributed by atoms with van der Waals surface area (Å²) < 4.78 is 1.35. The van der Waals surface area contributed by atoms with Gasteiger partial charge in [0.15, 0.2) is 0 Å². The van der Waals surface area contributed by atoms with Gasteiger partial charge in [-0.2, -0.15) is 0 Å². The molecule has 0 atom stereocenters. The van der Waals surface area contributed by atoms with Crippen molar-refractivity contribution in [1.82, 2.24) is 0 Å². The third-order valence-corrected chi connectivity index (χ3v) is 6.78. The lowest BCUT2D eigenvalue weighted by molar-refractivity contribution is 0.171. The van der Waals surface area contributed by atoms with Gasteiger partial charge < -0.3 is 0 Å². The van der Waals surface area contributed by atoms with Crippen molar-refractivity contribution in [2.45, 2.75) is 64.2 Å². The average Bonchev–Trinajstić information content (AvgIpc) is 2.57. The van der Waals surface area contributed by atoms with E-state index in [0.717, 1.165) is 23.7 Å². The van der Waals surface area contributed by atoms with Gasteiger partial charge in [-0.25, -0.2) is 0 Å². The predicted molar refractivity (Wildman–Crippen MR) is 104 cm³/mol. The third-order valence-electron chi connectivity index (χ3n) is 6.06. The molecule has 0 aliphatic heterocycles. The van der Waals surface area contributed by atoms with Crippen molar-refractivity contribution in [3.05, 3.63) is 45.6 Å². The predicted octanol–water partition coefficient (Wildman–Crippen LogP) is 6.95. The van der Waals surface area contributed by atoms with Gasteiger partial charge in [-0.1, -0.05) is 24.3 Å². The second-order valence-electron chi connectivity index (χ2n) is 7.36. The van der Waals surface area contributed by atoms with E-state index in [1.165, 1.54) is 54.9 Å². The maximum atomic E-state index is 2.43. The molecule has 0 N–H and O–H groups in total. The number of benzene rings is 1. The van der Waals surface area contributed by atoms with E-state index in [-0.39, 0.29) is 0 Å². The van der Waals surface area contributed by atoms with Gasteiger partial charge in [0.05, 0.1) is 0 Å². The largest absolute Gasteiger partial charge is 0.0914 e. The topological polar surface area (TPSA) is 0 Å². The summed E-state index contributed by atoms with van der Waals surface area (Å²) >= 11 is 2.40. The zero-order valence-corrected chi connectivity index (χ0v) is 16.0. The van der Waals surface area contributed by atoms with Crippen LogP contribution in [0.25, 0.3) is 0 Å². The Labute approximate surface area is 149 Å². The molecule has 1 aromatic carbocycles. The quantitative estimate of drug-likeness (QED) is 0.375. The summed E-state index contributed by atoms with van der Waals surface area (Å²) in [4.78, 5) is 0. The number of halogens is 1. The standard InChI is InChI=1S/C21H29I/c1-2-3-16-4-6-17(7-5-16)18-8-10-19(11-9-18)20-12-14-21(22)15-13-20/h2-3,12-19H,4-11H2,1H3. The number of allylic oxidation sites excluding steroid dienone is 2. The maximum Gasteiger partial charge on any atom is 0.0130 e. The van der Waals surface area contributed by atoms with Crippen LogP contribution in [-0.2, 0) is 0 Å². The molecule has 0 amide bonds. The molecule has 0 nitrogen and oxygen atoms in total. The van der Waals surface area contributed by atoms with Crippen LogP contribution in [-0.4, -0.2) is 0 Å². The highest BCUT2D eigenvalue weighted by atomic mass is 127. The summed E-state index contributed by atoms with van der Waals surface area (Å²) in [5.74, 6) is 3.75. The van der Waals surface area contributed by atoms with E-state index in [1.54, 1.807) is 5.56 Å². The highest BCUT2D eigenvalue weighted by Gasteiger charge is 2.30. The van der Waals surface area contributed by atoms with Gasteiger partial charge in [-0.05, 0) is 122 Å². The molecule has 0 saturated heterocycles. The fourth-order valence-corrected chi connectivity index (χ4v) is 5.10. The van der Waals surface area contributed by atoms with Crippen molar-refractivity contribution < 1.29 is 0 Å². The first-order valence-electron chi connectivity index (χ1n) is 9.14. The molecule has 0 bridgehead atoms. The van der Waals surface area contributed by atoms with Crippen molar-refractivity contribution in [3.8, 4) is 0 Å². The van der Waals surface area contributed by atoms with E-state index in [9.17, 15) is 0 Å². The van der Waals surface area contributed by atoms with E-state index in [1.807, 2.05) is 0 Å². The van der Waals surface area contributed by atoms with Crippen molar-refractivity contribution >= 4 is 22.6 Å². The monoisotopic (exact) mass is 408 g/mol. The maximum absolute atomic E-state index is 2.43. The van der Waals surface area contributed by atoms with E-state index < -0.39 is 0 Å². The lowest BCUT2D eigenvalue weighted by atomic mass is 9.68. The smallest absolute Gasteiger partial charge is 0.0130 e. The summed E-state index contributed by atoms with van der Waals surface area (Å²) in [6.07, 6.45) is 16.3. The second-order valence-corrected chi connectivity index (χ2v) is 8.61. The molecule has 1 aromatic rings. The Balaban J connectivity index is 1.49. The summed E-state index contributed by atoms with van der Waals surface area (Å²) in [5, 5.41) is 0. The first-order valence-corrected chi connectivity index (χ1v) is 10.2. The fraction of sp³-hybridized carbons (Fsp3) is 0.619. The lowest BCUT2D eigenvalue weighted by Crippen LogP contribution is -2.25. The van der Waals surface area contributed by atoms with Crippen LogP contribution in [0.2, 0.25) is 0 Å². The molecule has 2 aliphatic rings. The Morgan fingerprint density at radius 3 is 1.91 bits per heavy atom. The molecule has 0 heterocycles. The minimum atomic E-state index is 0.826. The van der Waals surface area contributed by atoms with Crippen LogP contribution in [0.3, 0.4) is 0 Å². The molecular weight excluding hydrogens is 379 g/mol. The zero-order valence-electron chi connectivity index (χ0n) is 13.8. The van der Waals surface area contributed by atoms with Crippen molar-refractivity contribution in [2.75, 3.05) is 0 Å². The summed E-state index contributed by atoms with van der Waals surface area (Å²) in [6, 6.07) is 9.25. The van der Waals surface area contributed by atoms with Crippen LogP contribution in [0, 0.1) is 21.3 Å². The van der Waals surface area contributed by atoms with Gasteiger partial charge in [0, 0.05) is 3.57 Å². The molecule has 0 aromatic heterocycles. The highest BCUT2D eigenvalue weighted by Crippen LogP contribution is 2.44. The van der Waals surface area contributed by atoms with Crippen molar-refractivity contribution in [1.29, 1.82) is 0 Å². The van der Waals surface area contributed by atoms with Crippen LogP contribution < -0.4 is 0 Å². The van der Waals surface area contributed by atoms with E-state index in [2.05, 4.69) is 65.9 Å². The van der Waals surface area contributed by atoms with Crippen LogP contribution in [0.5, 0.6) is 0 Å². The summed E-state index contributed by atoms with van der Waals surface area (Å²) in [5.41, 5.74) is 1.58. The van der Waals surface area contributed by atoms with Crippen LogP contribution in [0.15, 0.2) is 36.4 Å². The first-order chi connectivity index (χ1) is 10.8. The van der Waals surface area contributed by atoms with E-state index >= 15 is 0 Å². The van der Waals surface area contributed by atoms with E-state index in [0.29, 0.717) is 0 Å². The molecule has 2 aliphatic carbocycles. The molecule has 2 fully saturated rings. The SMILES string of the molecule is CC=CC1CCC(C2CCC(c3ccc(I)cc3)CC2)CC1. The van der Waals surface area contributed by atoms with Crippen molar-refractivity contribution in [2.24, 2.45) is 17.8 Å². The Morgan fingerprint density at radius 1 is 0.818 bits per heavy atom. The number of hydrogen-bond donors (Lipinski definition) is 0. The molecule has 0 unspecified atom stereocenters. The molecule has 120 valence electrons. The van der Waals surface area contributed by atoms with Gasteiger partial charge in [0.1, 0.15) is 0 Å². The Hall–Kier alpha value is -0.310. The van der Waals surface area contributed by atoms with Gasteiger partial charge in [-0.15, -0.1) is 0 Å². The Morgan fingerprint density at radius 2 is 1.36 bits per heavy atom. The number of hydrogen-bond acceptors (Lipinski definition) is 0. The highest BCUT2D eigenvalue weighted by molar-refractivity contribution is 14.1. The minimum Gasteiger partial charge on any atom is -0.0914 e. The van der Waals surface area contributed by atoms with Crippen LogP contribution >= 0.6 is 22.6 Å².